The lowest BCUT2D eigenvalue weighted by Gasteiger charge is -2.31. The Morgan fingerprint density at radius 3 is 2.72 bits per heavy atom. The van der Waals surface area contributed by atoms with E-state index in [1.54, 1.807) is 11.3 Å². The molecule has 2 aromatic heterocycles. The molecule has 2 fully saturated rings. The van der Waals surface area contributed by atoms with E-state index in [9.17, 15) is 4.79 Å². The van der Waals surface area contributed by atoms with E-state index >= 15 is 0 Å². The summed E-state index contributed by atoms with van der Waals surface area (Å²) in [6, 6.07) is 8.52. The Morgan fingerprint density at radius 2 is 1.97 bits per heavy atom. The maximum atomic E-state index is 13.4. The number of aryl methyl sites for hydroxylation is 1. The van der Waals surface area contributed by atoms with Crippen molar-refractivity contribution in [2.45, 2.75) is 64.4 Å². The first kappa shape index (κ1) is 21.7. The van der Waals surface area contributed by atoms with Crippen LogP contribution in [0.25, 0.3) is 16.2 Å². The number of benzene rings is 1. The molecule has 1 atom stereocenters. The first-order chi connectivity index (χ1) is 15.7. The lowest BCUT2D eigenvalue weighted by atomic mass is 9.88. The molecule has 1 aliphatic carbocycles. The molecule has 0 radical (unpaired) electrons. The molecule has 3 heterocycles. The molecule has 5 rings (SSSR count). The number of amides is 1. The Labute approximate surface area is 194 Å². The maximum Gasteiger partial charge on any atom is 0.225 e. The van der Waals surface area contributed by atoms with Gasteiger partial charge in [0.15, 0.2) is 4.96 Å². The van der Waals surface area contributed by atoms with Gasteiger partial charge in [0.1, 0.15) is 0 Å². The van der Waals surface area contributed by atoms with Crippen LogP contribution in [0.4, 0.5) is 0 Å². The summed E-state index contributed by atoms with van der Waals surface area (Å²) in [5, 5.41) is 2.19. The second-order valence-electron chi connectivity index (χ2n) is 9.38. The molecular weight excluding hydrogens is 418 g/mol. The SMILES string of the molecule is Cc1ccc(-c2cn3c(CCN(CC4CCCO4)C(=O)C4CCCCC4)csc3n2)cc1. The molecule has 0 N–H and O–H groups in total. The van der Waals surface area contributed by atoms with Gasteiger partial charge in [-0.3, -0.25) is 9.20 Å². The Kier molecular flexibility index (Phi) is 6.60. The highest BCUT2D eigenvalue weighted by Gasteiger charge is 2.29. The molecule has 1 saturated carbocycles. The Balaban J connectivity index is 1.31. The van der Waals surface area contributed by atoms with Gasteiger partial charge in [0.2, 0.25) is 5.91 Å². The van der Waals surface area contributed by atoms with Crippen molar-refractivity contribution < 1.29 is 9.53 Å². The molecule has 1 aliphatic heterocycles. The number of imidazole rings is 1. The second-order valence-corrected chi connectivity index (χ2v) is 10.2. The molecular formula is C26H33N3O2S. The van der Waals surface area contributed by atoms with Crippen LogP contribution in [0.3, 0.4) is 0 Å². The monoisotopic (exact) mass is 451 g/mol. The van der Waals surface area contributed by atoms with Crippen LogP contribution in [0, 0.1) is 12.8 Å². The van der Waals surface area contributed by atoms with Crippen LogP contribution in [0.15, 0.2) is 35.8 Å². The highest BCUT2D eigenvalue weighted by atomic mass is 32.1. The van der Waals surface area contributed by atoms with Crippen LogP contribution < -0.4 is 0 Å². The fraction of sp³-hybridized carbons (Fsp3) is 0.538. The quantitative estimate of drug-likeness (QED) is 0.476. The van der Waals surface area contributed by atoms with Crippen molar-refractivity contribution in [3.63, 3.8) is 0 Å². The number of hydrogen-bond acceptors (Lipinski definition) is 4. The van der Waals surface area contributed by atoms with Crippen molar-refractivity contribution in [1.29, 1.82) is 0 Å². The van der Waals surface area contributed by atoms with Crippen molar-refractivity contribution in [2.24, 2.45) is 5.92 Å². The summed E-state index contributed by atoms with van der Waals surface area (Å²) in [6.07, 6.45) is 11.1. The Bertz CT molecular complexity index is 1040. The number of ether oxygens (including phenoxy) is 1. The minimum absolute atomic E-state index is 0.200. The summed E-state index contributed by atoms with van der Waals surface area (Å²) in [5.74, 6) is 0.548. The van der Waals surface area contributed by atoms with Crippen molar-refractivity contribution in [2.75, 3.05) is 19.7 Å². The van der Waals surface area contributed by atoms with E-state index in [0.29, 0.717) is 5.91 Å². The third-order valence-electron chi connectivity index (χ3n) is 6.98. The fourth-order valence-electron chi connectivity index (χ4n) is 5.06. The van der Waals surface area contributed by atoms with Gasteiger partial charge >= 0.3 is 0 Å². The van der Waals surface area contributed by atoms with E-state index in [2.05, 4.69) is 52.1 Å². The Hall–Kier alpha value is -2.18. The average molecular weight is 452 g/mol. The van der Waals surface area contributed by atoms with Gasteiger partial charge in [-0.2, -0.15) is 0 Å². The van der Waals surface area contributed by atoms with Gasteiger partial charge in [-0.25, -0.2) is 4.98 Å². The molecule has 0 spiro atoms. The van der Waals surface area contributed by atoms with Gasteiger partial charge < -0.3 is 9.64 Å². The Morgan fingerprint density at radius 1 is 1.16 bits per heavy atom. The number of hydrogen-bond donors (Lipinski definition) is 0. The van der Waals surface area contributed by atoms with Gasteiger partial charge in [-0.1, -0.05) is 49.1 Å². The first-order valence-corrected chi connectivity index (χ1v) is 13.0. The fourth-order valence-corrected chi connectivity index (χ4v) is 5.96. The zero-order chi connectivity index (χ0) is 21.9. The van der Waals surface area contributed by atoms with E-state index < -0.39 is 0 Å². The topological polar surface area (TPSA) is 46.8 Å². The van der Waals surface area contributed by atoms with E-state index in [4.69, 9.17) is 9.72 Å². The predicted octanol–water partition coefficient (Wildman–Crippen LogP) is 5.50. The molecule has 3 aromatic rings. The van der Waals surface area contributed by atoms with Gasteiger partial charge in [0, 0.05) is 54.9 Å². The van der Waals surface area contributed by atoms with E-state index in [1.807, 2.05) is 0 Å². The van der Waals surface area contributed by atoms with E-state index in [0.717, 1.165) is 68.0 Å². The van der Waals surface area contributed by atoms with Crippen LogP contribution >= 0.6 is 11.3 Å². The number of nitrogens with zero attached hydrogens (tertiary/aromatic N) is 3. The minimum atomic E-state index is 0.200. The summed E-state index contributed by atoms with van der Waals surface area (Å²) < 4.78 is 8.09. The predicted molar refractivity (Wildman–Crippen MR) is 129 cm³/mol. The highest BCUT2D eigenvalue weighted by Crippen LogP contribution is 2.27. The highest BCUT2D eigenvalue weighted by molar-refractivity contribution is 7.15. The van der Waals surface area contributed by atoms with Crippen molar-refractivity contribution >= 4 is 22.2 Å². The van der Waals surface area contributed by atoms with Crippen molar-refractivity contribution in [3.05, 3.63) is 47.1 Å². The van der Waals surface area contributed by atoms with Crippen LogP contribution in [0.5, 0.6) is 0 Å². The van der Waals surface area contributed by atoms with Crippen molar-refractivity contribution in [1.82, 2.24) is 14.3 Å². The maximum absolute atomic E-state index is 13.4. The molecule has 6 heteroatoms. The number of carbonyl (C=O) groups is 1. The number of fused-ring (bicyclic) bond motifs is 1. The molecule has 1 aromatic carbocycles. The molecule has 2 aliphatic rings. The average Bonchev–Trinajstić information content (AvgIpc) is 3.56. The summed E-state index contributed by atoms with van der Waals surface area (Å²) in [4.78, 5) is 21.3. The second kappa shape index (κ2) is 9.75. The van der Waals surface area contributed by atoms with Gasteiger partial charge in [0.25, 0.3) is 0 Å². The summed E-state index contributed by atoms with van der Waals surface area (Å²) in [5.41, 5.74) is 4.63. The summed E-state index contributed by atoms with van der Waals surface area (Å²) in [6.45, 7) is 4.42. The number of carbonyl (C=O) groups excluding carboxylic acids is 1. The summed E-state index contributed by atoms with van der Waals surface area (Å²) >= 11 is 1.68. The zero-order valence-electron chi connectivity index (χ0n) is 19.0. The third kappa shape index (κ3) is 4.76. The van der Waals surface area contributed by atoms with Crippen LogP contribution in [0.1, 0.15) is 56.2 Å². The molecule has 32 heavy (non-hydrogen) atoms. The van der Waals surface area contributed by atoms with Gasteiger partial charge in [0.05, 0.1) is 11.8 Å². The molecule has 0 bridgehead atoms. The van der Waals surface area contributed by atoms with E-state index in [1.165, 1.54) is 30.5 Å². The molecule has 1 saturated heterocycles. The number of thiazole rings is 1. The van der Waals surface area contributed by atoms with Crippen LogP contribution in [-0.2, 0) is 16.0 Å². The van der Waals surface area contributed by atoms with Crippen LogP contribution in [-0.4, -0.2) is 46.0 Å². The normalized spacial score (nSPS) is 19.6. The van der Waals surface area contributed by atoms with Crippen molar-refractivity contribution in [3.8, 4) is 11.3 Å². The van der Waals surface area contributed by atoms with E-state index in [-0.39, 0.29) is 12.0 Å². The smallest absolute Gasteiger partial charge is 0.225 e. The minimum Gasteiger partial charge on any atom is -0.376 e. The number of aromatic nitrogens is 2. The summed E-state index contributed by atoms with van der Waals surface area (Å²) in [7, 11) is 0. The van der Waals surface area contributed by atoms with Gasteiger partial charge in [-0.15, -0.1) is 11.3 Å². The first-order valence-electron chi connectivity index (χ1n) is 12.1. The lowest BCUT2D eigenvalue weighted by Crippen LogP contribution is -2.42. The number of rotatable bonds is 7. The third-order valence-corrected chi connectivity index (χ3v) is 7.87. The lowest BCUT2D eigenvalue weighted by molar-refractivity contribution is -0.138. The zero-order valence-corrected chi connectivity index (χ0v) is 19.8. The molecule has 170 valence electrons. The molecule has 1 amide bonds. The largest absolute Gasteiger partial charge is 0.376 e. The molecule has 1 unspecified atom stereocenters. The van der Waals surface area contributed by atoms with Gasteiger partial charge in [-0.05, 0) is 32.6 Å². The molecule has 5 nitrogen and oxygen atoms in total. The standard InChI is InChI=1S/C26H33N3O2S/c1-19-9-11-20(12-10-19)24-17-29-22(18-32-26(29)27-24)13-14-28(16-23-8-5-15-31-23)25(30)21-6-3-2-4-7-21/h9-12,17-18,21,23H,2-8,13-16H2,1H3. The van der Waals surface area contributed by atoms with Crippen LogP contribution in [0.2, 0.25) is 0 Å².